The minimum absolute atomic E-state index is 0.0781. The Hall–Kier alpha value is -3.53. The Kier molecular flexibility index (Phi) is 6.58. The number of nitrogens with zero attached hydrogens (tertiary/aromatic N) is 3. The number of carbonyl (C=O) groups is 2. The van der Waals surface area contributed by atoms with Crippen LogP contribution in [0, 0.1) is 10.1 Å². The molecule has 0 N–H and O–H groups in total. The molecule has 1 aromatic heterocycles. The number of amides is 1. The number of non-ortho nitro benzene ring substituents is 1. The fourth-order valence-corrected chi connectivity index (χ4v) is 3.89. The summed E-state index contributed by atoms with van der Waals surface area (Å²) in [5.74, 6) is -0.576. The van der Waals surface area contributed by atoms with Crippen molar-refractivity contribution in [3.05, 3.63) is 62.9 Å². The molecule has 0 aliphatic rings. The van der Waals surface area contributed by atoms with Gasteiger partial charge in [-0.15, -0.1) is 0 Å². The normalized spacial score (nSPS) is 11.5. The first-order chi connectivity index (χ1) is 14.4. The molecule has 0 unspecified atom stereocenters. The highest BCUT2D eigenvalue weighted by Gasteiger charge is 2.17. The molecule has 0 atom stereocenters. The molecule has 0 bridgehead atoms. The number of hydrogen-bond donors (Lipinski definition) is 0. The lowest BCUT2D eigenvalue weighted by Crippen LogP contribution is -2.23. The third-order valence-electron chi connectivity index (χ3n) is 4.06. The Morgan fingerprint density at radius 1 is 1.17 bits per heavy atom. The number of benzene rings is 2. The molecule has 0 saturated heterocycles. The van der Waals surface area contributed by atoms with Crippen LogP contribution >= 0.6 is 11.3 Å². The molecule has 0 saturated carbocycles. The molecule has 0 spiro atoms. The molecular weight excluding hydrogens is 410 g/mol. The predicted octanol–water partition coefficient (Wildman–Crippen LogP) is 3.31. The second-order valence-corrected chi connectivity index (χ2v) is 7.05. The Morgan fingerprint density at radius 3 is 2.63 bits per heavy atom. The number of hydrogen-bond acceptors (Lipinski definition) is 7. The zero-order valence-corrected chi connectivity index (χ0v) is 17.2. The Labute approximate surface area is 175 Å². The van der Waals surface area contributed by atoms with Crippen LogP contribution in [-0.4, -0.2) is 34.6 Å². The van der Waals surface area contributed by atoms with Crippen molar-refractivity contribution >= 4 is 39.1 Å². The average molecular weight is 429 g/mol. The number of aromatic nitrogens is 1. The molecule has 0 fully saturated rings. The number of ether oxygens (including phenoxy) is 2. The van der Waals surface area contributed by atoms with Crippen LogP contribution in [0.5, 0.6) is 5.75 Å². The highest BCUT2D eigenvalue weighted by atomic mass is 32.1. The largest absolute Gasteiger partial charge is 0.492 e. The summed E-state index contributed by atoms with van der Waals surface area (Å²) < 4.78 is 13.1. The van der Waals surface area contributed by atoms with Crippen molar-refractivity contribution in [3.8, 4) is 5.75 Å². The molecule has 2 aromatic carbocycles. The SMILES string of the molecule is CCOC(=O)Cn1c(=NC(=O)c2cccc([N+](=O)[O-])c2)sc2cccc(OCC)c21. The number of carbonyl (C=O) groups excluding carboxylic acids is 2. The molecule has 3 aromatic rings. The van der Waals surface area contributed by atoms with E-state index in [4.69, 9.17) is 9.47 Å². The van der Waals surface area contributed by atoms with Crippen LogP contribution in [0.4, 0.5) is 5.69 Å². The summed E-state index contributed by atoms with van der Waals surface area (Å²) in [5, 5.41) is 11.0. The molecule has 30 heavy (non-hydrogen) atoms. The molecule has 0 aliphatic carbocycles. The van der Waals surface area contributed by atoms with Gasteiger partial charge in [0.1, 0.15) is 17.8 Å². The van der Waals surface area contributed by atoms with Crippen LogP contribution in [0.15, 0.2) is 47.5 Å². The first kappa shape index (κ1) is 21.2. The third-order valence-corrected chi connectivity index (χ3v) is 5.10. The van der Waals surface area contributed by atoms with Gasteiger partial charge in [-0.25, -0.2) is 0 Å². The van der Waals surface area contributed by atoms with E-state index in [9.17, 15) is 19.7 Å². The van der Waals surface area contributed by atoms with Crippen LogP contribution < -0.4 is 9.54 Å². The van der Waals surface area contributed by atoms with Crippen molar-refractivity contribution in [1.82, 2.24) is 4.57 Å². The van der Waals surface area contributed by atoms with E-state index in [1.54, 1.807) is 17.6 Å². The highest BCUT2D eigenvalue weighted by molar-refractivity contribution is 7.16. The van der Waals surface area contributed by atoms with Gasteiger partial charge in [0.25, 0.3) is 11.6 Å². The lowest BCUT2D eigenvalue weighted by molar-refractivity contribution is -0.384. The Morgan fingerprint density at radius 2 is 1.93 bits per heavy atom. The summed E-state index contributed by atoms with van der Waals surface area (Å²) in [5.41, 5.74) is 0.503. The fourth-order valence-electron chi connectivity index (χ4n) is 2.84. The lowest BCUT2D eigenvalue weighted by atomic mass is 10.2. The second kappa shape index (κ2) is 9.31. The van der Waals surface area contributed by atoms with Gasteiger partial charge in [-0.3, -0.25) is 19.7 Å². The second-order valence-electron chi connectivity index (χ2n) is 6.04. The number of thiazole rings is 1. The average Bonchev–Trinajstić information content (AvgIpc) is 3.06. The first-order valence-electron chi connectivity index (χ1n) is 9.18. The van der Waals surface area contributed by atoms with Gasteiger partial charge in [0.15, 0.2) is 4.80 Å². The predicted molar refractivity (Wildman–Crippen MR) is 111 cm³/mol. The van der Waals surface area contributed by atoms with Crippen LogP contribution in [0.2, 0.25) is 0 Å². The lowest BCUT2D eigenvalue weighted by Gasteiger charge is -2.09. The maximum atomic E-state index is 12.7. The molecule has 9 nitrogen and oxygen atoms in total. The van der Waals surface area contributed by atoms with Gasteiger partial charge >= 0.3 is 5.97 Å². The van der Waals surface area contributed by atoms with Crippen molar-refractivity contribution in [1.29, 1.82) is 0 Å². The molecule has 3 rings (SSSR count). The number of rotatable bonds is 7. The van der Waals surface area contributed by atoms with E-state index >= 15 is 0 Å². The molecule has 156 valence electrons. The van der Waals surface area contributed by atoms with E-state index < -0.39 is 16.8 Å². The summed E-state index contributed by atoms with van der Waals surface area (Å²) in [6.45, 7) is 4.04. The summed E-state index contributed by atoms with van der Waals surface area (Å²) in [6, 6.07) is 10.8. The molecular formula is C20H19N3O6S. The minimum Gasteiger partial charge on any atom is -0.492 e. The van der Waals surface area contributed by atoms with Gasteiger partial charge in [-0.05, 0) is 32.0 Å². The van der Waals surface area contributed by atoms with Gasteiger partial charge in [-0.2, -0.15) is 4.99 Å². The minimum atomic E-state index is -0.652. The zero-order chi connectivity index (χ0) is 21.7. The summed E-state index contributed by atoms with van der Waals surface area (Å²) >= 11 is 1.21. The molecule has 0 aliphatic heterocycles. The quantitative estimate of drug-likeness (QED) is 0.323. The van der Waals surface area contributed by atoms with E-state index in [0.717, 1.165) is 4.70 Å². The summed E-state index contributed by atoms with van der Waals surface area (Å²) in [7, 11) is 0. The van der Waals surface area contributed by atoms with Gasteiger partial charge in [-0.1, -0.05) is 23.5 Å². The zero-order valence-electron chi connectivity index (χ0n) is 16.4. The van der Waals surface area contributed by atoms with Crippen molar-refractivity contribution in [3.63, 3.8) is 0 Å². The van der Waals surface area contributed by atoms with E-state index in [-0.39, 0.29) is 29.2 Å². The van der Waals surface area contributed by atoms with Gasteiger partial charge in [0, 0.05) is 17.7 Å². The standard InChI is InChI=1S/C20H19N3O6S/c1-3-28-15-9-6-10-16-18(15)22(12-17(24)29-4-2)20(30-16)21-19(25)13-7-5-8-14(11-13)23(26)27/h5-11H,3-4,12H2,1-2H3. The number of nitro groups is 1. The van der Waals surface area contributed by atoms with Crippen molar-refractivity contribution in [2.75, 3.05) is 13.2 Å². The Bertz CT molecular complexity index is 1180. The van der Waals surface area contributed by atoms with Crippen LogP contribution in [0.1, 0.15) is 24.2 Å². The third kappa shape index (κ3) is 4.54. The smallest absolute Gasteiger partial charge is 0.326 e. The summed E-state index contributed by atoms with van der Waals surface area (Å²) in [4.78, 5) is 39.7. The maximum Gasteiger partial charge on any atom is 0.326 e. The fraction of sp³-hybridized carbons (Fsp3) is 0.250. The van der Waals surface area contributed by atoms with E-state index in [1.807, 2.05) is 19.1 Å². The number of nitro benzene ring substituents is 1. The first-order valence-corrected chi connectivity index (χ1v) is 10.0. The van der Waals surface area contributed by atoms with Gasteiger partial charge in [0.05, 0.1) is 22.8 Å². The van der Waals surface area contributed by atoms with Gasteiger partial charge < -0.3 is 14.0 Å². The van der Waals surface area contributed by atoms with Crippen molar-refractivity contribution < 1.29 is 24.0 Å². The van der Waals surface area contributed by atoms with E-state index in [2.05, 4.69) is 4.99 Å². The van der Waals surface area contributed by atoms with Crippen LogP contribution in [0.25, 0.3) is 10.2 Å². The molecule has 0 radical (unpaired) electrons. The van der Waals surface area contributed by atoms with Crippen LogP contribution in [0.3, 0.4) is 0 Å². The highest BCUT2D eigenvalue weighted by Crippen LogP contribution is 2.28. The maximum absolute atomic E-state index is 12.7. The molecule has 10 heteroatoms. The van der Waals surface area contributed by atoms with Gasteiger partial charge in [0.2, 0.25) is 0 Å². The van der Waals surface area contributed by atoms with Crippen LogP contribution in [-0.2, 0) is 16.1 Å². The Balaban J connectivity index is 2.15. The van der Waals surface area contributed by atoms with E-state index in [0.29, 0.717) is 17.9 Å². The number of para-hydroxylation sites is 1. The molecule has 1 heterocycles. The van der Waals surface area contributed by atoms with Crippen molar-refractivity contribution in [2.24, 2.45) is 4.99 Å². The van der Waals surface area contributed by atoms with E-state index in [1.165, 1.54) is 35.6 Å². The monoisotopic (exact) mass is 429 g/mol. The number of fused-ring (bicyclic) bond motifs is 1. The summed E-state index contributed by atoms with van der Waals surface area (Å²) in [6.07, 6.45) is 0. The topological polar surface area (TPSA) is 113 Å². The number of esters is 1. The van der Waals surface area contributed by atoms with Crippen molar-refractivity contribution in [2.45, 2.75) is 20.4 Å². The molecule has 1 amide bonds.